The molecule has 0 saturated heterocycles. The summed E-state index contributed by atoms with van der Waals surface area (Å²) >= 11 is 0. The van der Waals surface area contributed by atoms with E-state index >= 15 is 0 Å². The summed E-state index contributed by atoms with van der Waals surface area (Å²) in [5, 5.41) is 7.40. The van der Waals surface area contributed by atoms with Crippen LogP contribution in [0, 0.1) is 0 Å². The molecular weight excluding hydrogens is 508 g/mol. The number of alkyl halides is 6. The molecule has 0 aliphatic carbocycles. The molecule has 0 saturated carbocycles. The van der Waals surface area contributed by atoms with Crippen LogP contribution >= 0.6 is 0 Å². The van der Waals surface area contributed by atoms with Crippen molar-refractivity contribution in [1.29, 1.82) is 0 Å². The van der Waals surface area contributed by atoms with Gasteiger partial charge < -0.3 is 4.74 Å². The largest absolute Gasteiger partial charge is 0.443 e. The molecule has 0 aliphatic heterocycles. The minimum atomic E-state index is -5.09. The fourth-order valence-corrected chi connectivity index (χ4v) is 2.67. The van der Waals surface area contributed by atoms with E-state index in [4.69, 9.17) is 4.74 Å². The Kier molecular flexibility index (Phi) is 7.64. The van der Waals surface area contributed by atoms with E-state index in [2.05, 4.69) is 30.6 Å². The number of amides is 1. The van der Waals surface area contributed by atoms with Crippen LogP contribution in [0.15, 0.2) is 58.9 Å². The molecule has 9 nitrogen and oxygen atoms in total. The molecule has 0 radical (unpaired) electrons. The topological polar surface area (TPSA) is 114 Å². The van der Waals surface area contributed by atoms with Gasteiger partial charge in [0.25, 0.3) is 0 Å². The highest BCUT2D eigenvalue weighted by Gasteiger charge is 2.39. The highest BCUT2D eigenvalue weighted by atomic mass is 19.4. The lowest BCUT2D eigenvalue weighted by Gasteiger charge is -2.20. The van der Waals surface area contributed by atoms with Gasteiger partial charge in [-0.15, -0.1) is 5.11 Å². The van der Waals surface area contributed by atoms with Gasteiger partial charge in [-0.05, 0) is 45.0 Å². The Hall–Kier alpha value is -4.30. The lowest BCUT2D eigenvalue weighted by molar-refractivity contribution is -0.141. The summed E-state index contributed by atoms with van der Waals surface area (Å²) in [6, 6.07) is 9.22. The van der Waals surface area contributed by atoms with Gasteiger partial charge >= 0.3 is 18.4 Å². The first-order valence-corrected chi connectivity index (χ1v) is 10.4. The zero-order valence-corrected chi connectivity index (χ0v) is 19.4. The van der Waals surface area contributed by atoms with Crippen LogP contribution in [0.3, 0.4) is 0 Å². The van der Waals surface area contributed by atoms with Crippen molar-refractivity contribution in [3.05, 3.63) is 60.0 Å². The van der Waals surface area contributed by atoms with Crippen molar-refractivity contribution in [2.24, 2.45) is 10.2 Å². The van der Waals surface area contributed by atoms with E-state index in [9.17, 15) is 31.1 Å². The van der Waals surface area contributed by atoms with E-state index in [1.807, 2.05) is 5.43 Å². The first kappa shape index (κ1) is 27.3. The van der Waals surface area contributed by atoms with Crippen molar-refractivity contribution in [1.82, 2.24) is 20.4 Å². The maximum Gasteiger partial charge on any atom is 0.435 e. The van der Waals surface area contributed by atoms with Crippen molar-refractivity contribution in [3.8, 4) is 11.4 Å². The highest BCUT2D eigenvalue weighted by molar-refractivity contribution is 5.73. The number of anilines is 1. The summed E-state index contributed by atoms with van der Waals surface area (Å²) in [4.78, 5) is 22.7. The number of ether oxygens (including phenoxy) is 1. The second-order valence-corrected chi connectivity index (χ2v) is 8.31. The zero-order chi connectivity index (χ0) is 27.4. The fraction of sp³-hybridized carbons (Fsp3) is 0.273. The maximum atomic E-state index is 14.0. The molecule has 0 bridgehead atoms. The number of nitrogens with zero attached hydrogens (tertiary/aromatic N) is 5. The molecule has 2 heterocycles. The van der Waals surface area contributed by atoms with Gasteiger partial charge in [0.1, 0.15) is 11.3 Å². The number of carbonyl (C=O) groups is 1. The Morgan fingerprint density at radius 1 is 0.892 bits per heavy atom. The van der Waals surface area contributed by atoms with Gasteiger partial charge in [0, 0.05) is 11.8 Å². The summed E-state index contributed by atoms with van der Waals surface area (Å²) < 4.78 is 85.6. The Morgan fingerprint density at radius 2 is 1.57 bits per heavy atom. The normalized spacial score (nSPS) is 12.5. The minimum absolute atomic E-state index is 0.206. The SMILES string of the molecule is CC(C)(C)OC(=O)NNc1nc(-c2ccc(C(F)(F)F)nc2)nc(C(F)(F)F)c1N=Nc1ccccc1. The molecule has 3 rings (SSSR count). The number of hydrogen-bond acceptors (Lipinski definition) is 8. The van der Waals surface area contributed by atoms with Crippen LogP contribution in [0.4, 0.5) is 48.3 Å². The molecule has 0 fully saturated rings. The van der Waals surface area contributed by atoms with E-state index in [1.165, 1.54) is 12.1 Å². The number of halogens is 6. The fourth-order valence-electron chi connectivity index (χ4n) is 2.67. The van der Waals surface area contributed by atoms with Crippen LogP contribution < -0.4 is 10.9 Å². The van der Waals surface area contributed by atoms with Crippen LogP contribution in [0.25, 0.3) is 11.4 Å². The number of carbonyl (C=O) groups excluding carboxylic acids is 1. The maximum absolute atomic E-state index is 14.0. The second-order valence-electron chi connectivity index (χ2n) is 8.31. The Labute approximate surface area is 206 Å². The van der Waals surface area contributed by atoms with Crippen molar-refractivity contribution in [3.63, 3.8) is 0 Å². The molecule has 15 heteroatoms. The predicted molar refractivity (Wildman–Crippen MR) is 119 cm³/mol. The van der Waals surface area contributed by atoms with Crippen LogP contribution in [-0.4, -0.2) is 26.6 Å². The van der Waals surface area contributed by atoms with Gasteiger partial charge in [-0.1, -0.05) is 18.2 Å². The van der Waals surface area contributed by atoms with Gasteiger partial charge in [0.2, 0.25) is 0 Å². The molecule has 3 aromatic rings. The van der Waals surface area contributed by atoms with E-state index in [0.29, 0.717) is 12.3 Å². The number of hydrazine groups is 1. The van der Waals surface area contributed by atoms with E-state index in [0.717, 1.165) is 6.07 Å². The molecule has 0 unspecified atom stereocenters. The second kappa shape index (κ2) is 10.4. The summed E-state index contributed by atoms with van der Waals surface area (Å²) in [6.45, 7) is 4.69. The smallest absolute Gasteiger partial charge is 0.435 e. The van der Waals surface area contributed by atoms with Crippen LogP contribution in [0.1, 0.15) is 32.2 Å². The Bertz CT molecular complexity index is 1270. The number of benzene rings is 1. The van der Waals surface area contributed by atoms with Crippen LogP contribution in [0.2, 0.25) is 0 Å². The monoisotopic (exact) mass is 527 g/mol. The van der Waals surface area contributed by atoms with Gasteiger partial charge in [0.15, 0.2) is 23.0 Å². The number of pyridine rings is 1. The Morgan fingerprint density at radius 3 is 2.11 bits per heavy atom. The summed E-state index contributed by atoms with van der Waals surface area (Å²) in [7, 11) is 0. The molecule has 196 valence electrons. The number of rotatable bonds is 5. The third-order valence-electron chi connectivity index (χ3n) is 4.17. The molecular formula is C22H19F6N7O2. The lowest BCUT2D eigenvalue weighted by Crippen LogP contribution is -2.36. The molecule has 1 aromatic carbocycles. The summed E-state index contributed by atoms with van der Waals surface area (Å²) in [6.07, 6.45) is -10.2. The van der Waals surface area contributed by atoms with Crippen LogP contribution in [0.5, 0.6) is 0 Å². The van der Waals surface area contributed by atoms with Gasteiger partial charge in [-0.3, -0.25) is 10.4 Å². The van der Waals surface area contributed by atoms with Crippen molar-refractivity contribution >= 4 is 23.3 Å². The van der Waals surface area contributed by atoms with Crippen LogP contribution in [-0.2, 0) is 17.1 Å². The van der Waals surface area contributed by atoms with Gasteiger partial charge in [0.05, 0.1) is 5.69 Å². The van der Waals surface area contributed by atoms with Gasteiger partial charge in [-0.25, -0.2) is 20.2 Å². The average Bonchev–Trinajstić information content (AvgIpc) is 2.79. The molecule has 37 heavy (non-hydrogen) atoms. The quantitative estimate of drug-likeness (QED) is 0.213. The van der Waals surface area contributed by atoms with E-state index < -0.39 is 52.8 Å². The first-order chi connectivity index (χ1) is 17.1. The molecule has 0 atom stereocenters. The third-order valence-corrected chi connectivity index (χ3v) is 4.17. The predicted octanol–water partition coefficient (Wildman–Crippen LogP) is 6.84. The van der Waals surface area contributed by atoms with E-state index in [-0.39, 0.29) is 11.3 Å². The zero-order valence-electron chi connectivity index (χ0n) is 19.4. The minimum Gasteiger partial charge on any atom is -0.443 e. The standard InChI is InChI=1S/C22H19F6N7O2/c1-20(2,3)37-19(36)35-34-18-15(33-32-13-7-5-4-6-8-13)16(22(26,27)28)30-17(31-18)12-9-10-14(29-11-12)21(23,24)25/h4-11H,1-3H3,(H,35,36)(H,30,31,34). The van der Waals surface area contributed by atoms with Crippen molar-refractivity contribution in [2.75, 3.05) is 5.43 Å². The molecule has 0 spiro atoms. The molecule has 2 N–H and O–H groups in total. The molecule has 2 aromatic heterocycles. The van der Waals surface area contributed by atoms with Crippen molar-refractivity contribution < 1.29 is 35.9 Å². The first-order valence-electron chi connectivity index (χ1n) is 10.4. The number of nitrogens with one attached hydrogen (secondary N) is 2. The average molecular weight is 527 g/mol. The Balaban J connectivity index is 2.11. The van der Waals surface area contributed by atoms with E-state index in [1.54, 1.807) is 39.0 Å². The number of hydrogen-bond donors (Lipinski definition) is 2. The summed E-state index contributed by atoms with van der Waals surface area (Å²) in [5.41, 5.74) is -0.451. The number of aromatic nitrogens is 3. The number of azo groups is 1. The molecule has 0 aliphatic rings. The highest BCUT2D eigenvalue weighted by Crippen LogP contribution is 2.40. The third kappa shape index (κ3) is 7.59. The lowest BCUT2D eigenvalue weighted by atomic mass is 10.2. The van der Waals surface area contributed by atoms with Crippen molar-refractivity contribution in [2.45, 2.75) is 38.7 Å². The summed E-state index contributed by atoms with van der Waals surface area (Å²) in [5.74, 6) is -1.29. The molecule has 1 amide bonds. The van der Waals surface area contributed by atoms with Gasteiger partial charge in [-0.2, -0.15) is 31.5 Å².